The van der Waals surface area contributed by atoms with Crippen molar-refractivity contribution >= 4 is 5.97 Å². The van der Waals surface area contributed by atoms with Crippen LogP contribution in [0.2, 0.25) is 0 Å². The van der Waals surface area contributed by atoms with Crippen LogP contribution in [0.3, 0.4) is 0 Å². The number of hydrogen-bond donors (Lipinski definition) is 0. The number of hydrogen-bond acceptors (Lipinski definition) is 3. The number of carbonyl (C=O) groups is 1. The zero-order chi connectivity index (χ0) is 13.5. The smallest absolute Gasteiger partial charge is 0.319 e. The van der Waals surface area contributed by atoms with Crippen molar-refractivity contribution in [3.63, 3.8) is 0 Å². The number of methoxy groups -OCH3 is 1. The lowest BCUT2D eigenvalue weighted by atomic mass is 10.1. The van der Waals surface area contributed by atoms with Crippen molar-refractivity contribution in [2.24, 2.45) is 0 Å². The van der Waals surface area contributed by atoms with Gasteiger partial charge in [0, 0.05) is 6.54 Å². The molecule has 0 fully saturated rings. The van der Waals surface area contributed by atoms with Crippen LogP contribution in [0.4, 0.5) is 4.39 Å². The van der Waals surface area contributed by atoms with Crippen molar-refractivity contribution in [3.8, 4) is 0 Å². The first-order chi connectivity index (χ1) is 8.56. The SMILES string of the molecule is CCCN(CC(=O)OC)Cc1ccc(F)cc1C. The Morgan fingerprint density at radius 2 is 2.17 bits per heavy atom. The lowest BCUT2D eigenvalue weighted by molar-refractivity contribution is -0.142. The summed E-state index contributed by atoms with van der Waals surface area (Å²) in [5.41, 5.74) is 1.94. The normalized spacial score (nSPS) is 10.7. The fraction of sp³-hybridized carbons (Fsp3) is 0.500. The monoisotopic (exact) mass is 253 g/mol. The van der Waals surface area contributed by atoms with Crippen LogP contribution in [0.5, 0.6) is 0 Å². The summed E-state index contributed by atoms with van der Waals surface area (Å²) in [5.74, 6) is -0.477. The molecule has 0 heterocycles. The van der Waals surface area contributed by atoms with Gasteiger partial charge in [0.1, 0.15) is 5.82 Å². The van der Waals surface area contributed by atoms with E-state index in [1.54, 1.807) is 6.07 Å². The zero-order valence-corrected chi connectivity index (χ0v) is 11.2. The Labute approximate surface area is 108 Å². The molecule has 0 bridgehead atoms. The molecule has 0 amide bonds. The fourth-order valence-electron chi connectivity index (χ4n) is 1.85. The summed E-state index contributed by atoms with van der Waals surface area (Å²) in [5, 5.41) is 0. The number of ether oxygens (including phenoxy) is 1. The quantitative estimate of drug-likeness (QED) is 0.730. The van der Waals surface area contributed by atoms with E-state index in [1.165, 1.54) is 19.2 Å². The topological polar surface area (TPSA) is 29.5 Å². The number of halogens is 1. The first kappa shape index (κ1) is 14.6. The van der Waals surface area contributed by atoms with Crippen molar-refractivity contribution in [1.29, 1.82) is 0 Å². The second-order valence-electron chi connectivity index (χ2n) is 4.36. The van der Waals surface area contributed by atoms with E-state index in [0.717, 1.165) is 24.1 Å². The average molecular weight is 253 g/mol. The van der Waals surface area contributed by atoms with E-state index in [-0.39, 0.29) is 18.3 Å². The van der Waals surface area contributed by atoms with Gasteiger partial charge in [0.25, 0.3) is 0 Å². The van der Waals surface area contributed by atoms with E-state index in [9.17, 15) is 9.18 Å². The van der Waals surface area contributed by atoms with Crippen LogP contribution in [-0.2, 0) is 16.1 Å². The first-order valence-corrected chi connectivity index (χ1v) is 6.11. The second kappa shape index (κ2) is 7.11. The van der Waals surface area contributed by atoms with Crippen molar-refractivity contribution in [3.05, 3.63) is 35.1 Å². The van der Waals surface area contributed by atoms with Crippen LogP contribution in [0, 0.1) is 12.7 Å². The Balaban J connectivity index is 2.72. The third kappa shape index (κ3) is 4.45. The highest BCUT2D eigenvalue weighted by molar-refractivity contribution is 5.71. The van der Waals surface area contributed by atoms with Crippen LogP contribution in [-0.4, -0.2) is 31.1 Å². The Morgan fingerprint density at radius 1 is 1.44 bits per heavy atom. The average Bonchev–Trinajstić information content (AvgIpc) is 2.32. The van der Waals surface area contributed by atoms with Crippen molar-refractivity contribution in [2.75, 3.05) is 20.2 Å². The molecule has 4 heteroatoms. The molecule has 0 aliphatic rings. The summed E-state index contributed by atoms with van der Waals surface area (Å²) in [6, 6.07) is 4.73. The molecular formula is C14H20FNO2. The molecule has 1 aromatic rings. The number of carbonyl (C=O) groups excluding carboxylic acids is 1. The molecule has 0 unspecified atom stereocenters. The van der Waals surface area contributed by atoms with Crippen LogP contribution in [0.1, 0.15) is 24.5 Å². The van der Waals surface area contributed by atoms with Crippen molar-refractivity contribution < 1.29 is 13.9 Å². The minimum absolute atomic E-state index is 0.230. The molecule has 0 N–H and O–H groups in total. The molecule has 0 radical (unpaired) electrons. The van der Waals surface area contributed by atoms with E-state index in [2.05, 4.69) is 11.7 Å². The summed E-state index contributed by atoms with van der Waals surface area (Å²) in [6.07, 6.45) is 0.956. The molecule has 3 nitrogen and oxygen atoms in total. The molecule has 0 aromatic heterocycles. The Bertz CT molecular complexity index is 407. The van der Waals surface area contributed by atoms with Gasteiger partial charge in [0.15, 0.2) is 0 Å². The lowest BCUT2D eigenvalue weighted by Gasteiger charge is -2.21. The highest BCUT2D eigenvalue weighted by atomic mass is 19.1. The summed E-state index contributed by atoms with van der Waals surface area (Å²) >= 11 is 0. The minimum Gasteiger partial charge on any atom is -0.468 e. The van der Waals surface area contributed by atoms with E-state index in [0.29, 0.717) is 6.54 Å². The lowest BCUT2D eigenvalue weighted by Crippen LogP contribution is -2.31. The number of esters is 1. The zero-order valence-electron chi connectivity index (χ0n) is 11.2. The molecule has 1 aromatic carbocycles. The molecule has 1 rings (SSSR count). The van der Waals surface area contributed by atoms with Crippen LogP contribution in [0.25, 0.3) is 0 Å². The number of aryl methyl sites for hydroxylation is 1. The van der Waals surface area contributed by atoms with Gasteiger partial charge in [0.05, 0.1) is 13.7 Å². The fourth-order valence-corrected chi connectivity index (χ4v) is 1.85. The molecule has 0 saturated heterocycles. The minimum atomic E-state index is -0.247. The van der Waals surface area contributed by atoms with Gasteiger partial charge in [-0.1, -0.05) is 13.0 Å². The summed E-state index contributed by atoms with van der Waals surface area (Å²) < 4.78 is 17.7. The molecule has 18 heavy (non-hydrogen) atoms. The molecule has 0 saturated carbocycles. The summed E-state index contributed by atoms with van der Waals surface area (Å²) in [7, 11) is 1.38. The predicted molar refractivity (Wildman–Crippen MR) is 68.7 cm³/mol. The maximum atomic E-state index is 13.0. The number of benzene rings is 1. The van der Waals surface area contributed by atoms with E-state index in [1.807, 2.05) is 11.8 Å². The molecule has 0 aliphatic carbocycles. The Morgan fingerprint density at radius 3 is 2.72 bits per heavy atom. The molecule has 0 spiro atoms. The van der Waals surface area contributed by atoms with E-state index < -0.39 is 0 Å². The molecule has 100 valence electrons. The second-order valence-corrected chi connectivity index (χ2v) is 4.36. The summed E-state index contributed by atoms with van der Waals surface area (Å²) in [4.78, 5) is 13.3. The highest BCUT2D eigenvalue weighted by Gasteiger charge is 2.12. The molecule has 0 atom stereocenters. The van der Waals surface area contributed by atoms with Gasteiger partial charge < -0.3 is 4.74 Å². The van der Waals surface area contributed by atoms with Gasteiger partial charge >= 0.3 is 5.97 Å². The summed E-state index contributed by atoms with van der Waals surface area (Å²) in [6.45, 7) is 5.64. The number of rotatable bonds is 6. The number of nitrogens with zero attached hydrogens (tertiary/aromatic N) is 1. The Kier molecular flexibility index (Phi) is 5.78. The van der Waals surface area contributed by atoms with Crippen LogP contribution in [0.15, 0.2) is 18.2 Å². The third-order valence-electron chi connectivity index (χ3n) is 2.82. The van der Waals surface area contributed by atoms with E-state index in [4.69, 9.17) is 0 Å². The van der Waals surface area contributed by atoms with Gasteiger partial charge in [-0.25, -0.2) is 4.39 Å². The predicted octanol–water partition coefficient (Wildman–Crippen LogP) is 2.52. The van der Waals surface area contributed by atoms with Crippen LogP contribution >= 0.6 is 0 Å². The van der Waals surface area contributed by atoms with Gasteiger partial charge in [-0.05, 0) is 43.1 Å². The van der Waals surface area contributed by atoms with Crippen molar-refractivity contribution in [2.45, 2.75) is 26.8 Å². The van der Waals surface area contributed by atoms with Crippen LogP contribution < -0.4 is 0 Å². The van der Waals surface area contributed by atoms with Gasteiger partial charge in [0.2, 0.25) is 0 Å². The maximum Gasteiger partial charge on any atom is 0.319 e. The van der Waals surface area contributed by atoms with E-state index >= 15 is 0 Å². The third-order valence-corrected chi connectivity index (χ3v) is 2.82. The largest absolute Gasteiger partial charge is 0.468 e. The van der Waals surface area contributed by atoms with Gasteiger partial charge in [-0.15, -0.1) is 0 Å². The standard InChI is InChI=1S/C14H20FNO2/c1-4-7-16(10-14(17)18-3)9-12-5-6-13(15)8-11(12)2/h5-6,8H,4,7,9-10H2,1-3H3. The first-order valence-electron chi connectivity index (χ1n) is 6.11. The molecular weight excluding hydrogens is 233 g/mol. The van der Waals surface area contributed by atoms with Crippen molar-refractivity contribution in [1.82, 2.24) is 4.90 Å². The molecule has 0 aliphatic heterocycles. The highest BCUT2D eigenvalue weighted by Crippen LogP contribution is 2.13. The van der Waals surface area contributed by atoms with Gasteiger partial charge in [-0.3, -0.25) is 9.69 Å². The Hall–Kier alpha value is -1.42. The van der Waals surface area contributed by atoms with Gasteiger partial charge in [-0.2, -0.15) is 0 Å². The maximum absolute atomic E-state index is 13.0.